The summed E-state index contributed by atoms with van der Waals surface area (Å²) in [6.07, 6.45) is 1.74. The Labute approximate surface area is 174 Å². The van der Waals surface area contributed by atoms with Gasteiger partial charge in [0.1, 0.15) is 0 Å². The first-order chi connectivity index (χ1) is 13.4. The molecule has 152 valence electrons. The summed E-state index contributed by atoms with van der Waals surface area (Å²) < 4.78 is 0. The molecule has 2 N–H and O–H groups in total. The van der Waals surface area contributed by atoms with Crippen LogP contribution in [0.15, 0.2) is 54.8 Å². The molecule has 2 aromatic rings. The number of para-hydroxylation sites is 1. The van der Waals surface area contributed by atoms with E-state index in [-0.39, 0.29) is 16.7 Å². The summed E-state index contributed by atoms with van der Waals surface area (Å²) in [6, 6.07) is 12.2. The van der Waals surface area contributed by atoms with E-state index in [1.165, 1.54) is 11.1 Å². The first-order valence-corrected chi connectivity index (χ1v) is 10.1. The molecule has 1 amide bonds. The molecule has 3 rings (SSSR count). The van der Waals surface area contributed by atoms with Crippen molar-refractivity contribution in [3.05, 3.63) is 77.0 Å². The van der Waals surface area contributed by atoms with Gasteiger partial charge in [-0.2, -0.15) is 0 Å². The Morgan fingerprint density at radius 1 is 0.966 bits per heavy atom. The number of benzene rings is 2. The third-order valence-corrected chi connectivity index (χ3v) is 5.42. The molecular weight excluding hydrogens is 356 g/mol. The Morgan fingerprint density at radius 2 is 1.59 bits per heavy atom. The van der Waals surface area contributed by atoms with E-state index >= 15 is 0 Å². The van der Waals surface area contributed by atoms with Crippen molar-refractivity contribution >= 4 is 22.9 Å². The summed E-state index contributed by atoms with van der Waals surface area (Å²) in [4.78, 5) is 13.2. The molecule has 0 aliphatic carbocycles. The molecular formula is C26H32N2O. The van der Waals surface area contributed by atoms with Crippen molar-refractivity contribution in [2.45, 2.75) is 59.3 Å². The van der Waals surface area contributed by atoms with Gasteiger partial charge in [-0.25, -0.2) is 0 Å². The Hall–Kier alpha value is -2.81. The number of amides is 1. The molecule has 1 aliphatic rings. The highest BCUT2D eigenvalue weighted by molar-refractivity contribution is 6.17. The number of hydrogen-bond donors (Lipinski definition) is 2. The van der Waals surface area contributed by atoms with Crippen LogP contribution in [0.3, 0.4) is 0 Å². The fourth-order valence-electron chi connectivity index (χ4n) is 3.89. The Kier molecular flexibility index (Phi) is 5.20. The van der Waals surface area contributed by atoms with Gasteiger partial charge in [0.15, 0.2) is 0 Å². The van der Waals surface area contributed by atoms with Crippen LogP contribution in [-0.2, 0) is 15.6 Å². The van der Waals surface area contributed by atoms with Crippen molar-refractivity contribution in [2.24, 2.45) is 0 Å². The number of nitrogens with one attached hydrogen (secondary N) is 2. The predicted octanol–water partition coefficient (Wildman–Crippen LogP) is 6.55. The first kappa shape index (κ1) is 20.9. The fourth-order valence-corrected chi connectivity index (χ4v) is 3.89. The number of aryl methyl sites for hydroxylation is 1. The molecule has 1 heterocycles. The highest BCUT2D eigenvalue weighted by Crippen LogP contribution is 2.38. The smallest absolute Gasteiger partial charge is 0.257 e. The lowest BCUT2D eigenvalue weighted by Gasteiger charge is -2.29. The number of carbonyl (C=O) groups excluding carboxylic acids is 1. The van der Waals surface area contributed by atoms with Gasteiger partial charge in [0, 0.05) is 23.1 Å². The van der Waals surface area contributed by atoms with Gasteiger partial charge >= 0.3 is 0 Å². The van der Waals surface area contributed by atoms with Crippen molar-refractivity contribution < 1.29 is 4.79 Å². The predicted molar refractivity (Wildman–Crippen MR) is 124 cm³/mol. The zero-order valence-electron chi connectivity index (χ0n) is 18.7. The molecule has 0 saturated heterocycles. The average Bonchev–Trinajstić information content (AvgIpc) is 2.60. The molecule has 0 bridgehead atoms. The third kappa shape index (κ3) is 4.14. The second kappa shape index (κ2) is 7.22. The highest BCUT2D eigenvalue weighted by Gasteiger charge is 2.26. The Balaban J connectivity index is 1.98. The number of rotatable bonds is 2. The highest BCUT2D eigenvalue weighted by atomic mass is 16.1. The standard InChI is InChI=1S/C26H32N2O/c1-16-13-23(21(26(6,7)8)14-20(16)25(3,4)5)28-24(29)19-15-27-22-12-10-9-11-18(22)17(19)2/h9-15,27H,2H2,1,3-8H3,(H,28,29). The van der Waals surface area contributed by atoms with Crippen molar-refractivity contribution in [1.82, 2.24) is 0 Å². The summed E-state index contributed by atoms with van der Waals surface area (Å²) in [5.74, 6) is -0.148. The SMILES string of the molecule is C=C1C(C(=O)Nc2cc(C)c(C(C)(C)C)cc2C(C)(C)C)=CNc2ccccc21. The normalized spacial score (nSPS) is 14.0. The Bertz CT molecular complexity index is 1010. The van der Waals surface area contributed by atoms with Crippen LogP contribution in [0.5, 0.6) is 0 Å². The van der Waals surface area contributed by atoms with Crippen molar-refractivity contribution in [2.75, 3.05) is 10.6 Å². The lowest BCUT2D eigenvalue weighted by molar-refractivity contribution is -0.112. The van der Waals surface area contributed by atoms with Crippen molar-refractivity contribution in [1.29, 1.82) is 0 Å². The summed E-state index contributed by atoms with van der Waals surface area (Å²) in [5.41, 5.74) is 7.64. The molecule has 0 spiro atoms. The van der Waals surface area contributed by atoms with Gasteiger partial charge < -0.3 is 10.6 Å². The topological polar surface area (TPSA) is 41.1 Å². The second-order valence-corrected chi connectivity index (χ2v) is 9.89. The van der Waals surface area contributed by atoms with E-state index in [0.717, 1.165) is 28.1 Å². The molecule has 0 saturated carbocycles. The Morgan fingerprint density at radius 3 is 2.21 bits per heavy atom. The van der Waals surface area contributed by atoms with Gasteiger partial charge in [0.05, 0.1) is 5.57 Å². The molecule has 29 heavy (non-hydrogen) atoms. The van der Waals surface area contributed by atoms with E-state index in [1.54, 1.807) is 6.20 Å². The van der Waals surface area contributed by atoms with Crippen LogP contribution in [0, 0.1) is 6.92 Å². The van der Waals surface area contributed by atoms with Gasteiger partial charge in [-0.15, -0.1) is 0 Å². The van der Waals surface area contributed by atoms with Gasteiger partial charge in [-0.3, -0.25) is 4.79 Å². The maximum atomic E-state index is 13.2. The minimum absolute atomic E-state index is 0.0421. The first-order valence-electron chi connectivity index (χ1n) is 10.1. The van der Waals surface area contributed by atoms with Crippen LogP contribution in [0.25, 0.3) is 5.57 Å². The van der Waals surface area contributed by atoms with Crippen molar-refractivity contribution in [3.63, 3.8) is 0 Å². The molecule has 2 aromatic carbocycles. The lowest BCUT2D eigenvalue weighted by atomic mass is 9.78. The minimum atomic E-state index is -0.148. The van der Waals surface area contributed by atoms with Gasteiger partial charge in [0.2, 0.25) is 0 Å². The molecule has 0 unspecified atom stereocenters. The van der Waals surface area contributed by atoms with Gasteiger partial charge in [0.25, 0.3) is 5.91 Å². The van der Waals surface area contributed by atoms with Crippen LogP contribution < -0.4 is 10.6 Å². The summed E-state index contributed by atoms with van der Waals surface area (Å²) in [5, 5.41) is 6.37. The van der Waals surface area contributed by atoms with Crippen LogP contribution in [0.1, 0.15) is 63.8 Å². The maximum absolute atomic E-state index is 13.2. The number of carbonyl (C=O) groups is 1. The number of anilines is 2. The zero-order valence-corrected chi connectivity index (χ0v) is 18.7. The van der Waals surface area contributed by atoms with Gasteiger partial charge in [-0.05, 0) is 52.1 Å². The number of fused-ring (bicyclic) bond motifs is 1. The van der Waals surface area contributed by atoms with Crippen LogP contribution >= 0.6 is 0 Å². The molecule has 1 aliphatic heterocycles. The van der Waals surface area contributed by atoms with E-state index < -0.39 is 0 Å². The average molecular weight is 389 g/mol. The lowest BCUT2D eigenvalue weighted by Crippen LogP contribution is -2.24. The monoisotopic (exact) mass is 388 g/mol. The maximum Gasteiger partial charge on any atom is 0.257 e. The van der Waals surface area contributed by atoms with Gasteiger partial charge in [-0.1, -0.05) is 72.4 Å². The molecule has 0 aromatic heterocycles. The van der Waals surface area contributed by atoms with E-state index in [2.05, 4.69) is 77.8 Å². The molecule has 0 radical (unpaired) electrons. The zero-order chi connectivity index (χ0) is 21.6. The number of hydrogen-bond acceptors (Lipinski definition) is 2. The van der Waals surface area contributed by atoms with E-state index in [4.69, 9.17) is 0 Å². The minimum Gasteiger partial charge on any atom is -0.360 e. The molecule has 3 nitrogen and oxygen atoms in total. The van der Waals surface area contributed by atoms with E-state index in [0.29, 0.717) is 5.57 Å². The second-order valence-electron chi connectivity index (χ2n) is 9.89. The summed E-state index contributed by atoms with van der Waals surface area (Å²) in [7, 11) is 0. The largest absolute Gasteiger partial charge is 0.360 e. The van der Waals surface area contributed by atoms with E-state index in [1.807, 2.05) is 24.3 Å². The molecule has 0 fully saturated rings. The van der Waals surface area contributed by atoms with E-state index in [9.17, 15) is 4.79 Å². The van der Waals surface area contributed by atoms with Crippen LogP contribution in [0.4, 0.5) is 11.4 Å². The van der Waals surface area contributed by atoms with Crippen LogP contribution in [-0.4, -0.2) is 5.91 Å². The molecule has 3 heteroatoms. The summed E-state index contributed by atoms with van der Waals surface area (Å²) in [6.45, 7) is 19.5. The molecule has 0 atom stereocenters. The van der Waals surface area contributed by atoms with Crippen molar-refractivity contribution in [3.8, 4) is 0 Å². The third-order valence-electron chi connectivity index (χ3n) is 5.42. The summed E-state index contributed by atoms with van der Waals surface area (Å²) >= 11 is 0. The van der Waals surface area contributed by atoms with Crippen LogP contribution in [0.2, 0.25) is 0 Å². The quantitative estimate of drug-likeness (QED) is 0.612. The fraction of sp³-hybridized carbons (Fsp3) is 0.346.